The maximum absolute atomic E-state index is 9.16. The molecule has 0 saturated heterocycles. The van der Waals surface area contributed by atoms with Crippen molar-refractivity contribution in [2.24, 2.45) is 0 Å². The molecule has 0 atom stereocenters. The second-order valence-electron chi connectivity index (χ2n) is 3.95. The third-order valence-corrected chi connectivity index (χ3v) is 3.29. The number of hydrogen-bond donors (Lipinski definition) is 2. The van der Waals surface area contributed by atoms with Crippen LogP contribution in [0.5, 0.6) is 0 Å². The zero-order chi connectivity index (χ0) is 12.8. The van der Waals surface area contributed by atoms with E-state index in [2.05, 4.69) is 39.7 Å². The fourth-order valence-corrected chi connectivity index (χ4v) is 2.34. The van der Waals surface area contributed by atoms with E-state index in [1.807, 2.05) is 6.07 Å². The molecule has 0 aliphatic heterocycles. The first kappa shape index (κ1) is 14.3. The molecule has 0 unspecified atom stereocenters. The number of rotatable bonds is 6. The highest BCUT2D eigenvalue weighted by atomic mass is 79.9. The number of nitrogens with two attached hydrogens (primary N) is 1. The van der Waals surface area contributed by atoms with Gasteiger partial charge in [0.25, 0.3) is 0 Å². The number of pyridine rings is 1. The molecule has 3 N–H and O–H groups in total. The number of aliphatic hydroxyl groups excluding tert-OH is 1. The van der Waals surface area contributed by atoms with E-state index in [9.17, 15) is 0 Å². The van der Waals surface area contributed by atoms with Gasteiger partial charge < -0.3 is 15.7 Å². The second-order valence-corrected chi connectivity index (χ2v) is 4.87. The summed E-state index contributed by atoms with van der Waals surface area (Å²) >= 11 is 3.35. The van der Waals surface area contributed by atoms with Gasteiger partial charge in [0.15, 0.2) is 5.82 Å². The lowest BCUT2D eigenvalue weighted by Gasteiger charge is -2.31. The standard InChI is InChI=1S/C12H20BrN3O/c1-3-10(4-2)16(5-6-17)12-11(14)7-9(13)8-15-12/h7-8,10,17H,3-6,14H2,1-2H3. The Kier molecular flexibility index (Phi) is 5.71. The highest BCUT2D eigenvalue weighted by Gasteiger charge is 2.18. The third-order valence-electron chi connectivity index (χ3n) is 2.86. The molecule has 0 aliphatic rings. The molecule has 0 spiro atoms. The molecule has 0 bridgehead atoms. The Morgan fingerprint density at radius 3 is 2.59 bits per heavy atom. The van der Waals surface area contributed by atoms with Crippen molar-refractivity contribution >= 4 is 27.4 Å². The predicted molar refractivity (Wildman–Crippen MR) is 75.2 cm³/mol. The summed E-state index contributed by atoms with van der Waals surface area (Å²) in [7, 11) is 0. The number of aromatic nitrogens is 1. The summed E-state index contributed by atoms with van der Waals surface area (Å²) in [5.41, 5.74) is 6.62. The van der Waals surface area contributed by atoms with E-state index in [1.54, 1.807) is 6.20 Å². The molecule has 1 rings (SSSR count). The van der Waals surface area contributed by atoms with Crippen molar-refractivity contribution in [2.45, 2.75) is 32.7 Å². The summed E-state index contributed by atoms with van der Waals surface area (Å²) in [5, 5.41) is 9.16. The van der Waals surface area contributed by atoms with Gasteiger partial charge in [-0.2, -0.15) is 0 Å². The smallest absolute Gasteiger partial charge is 0.152 e. The van der Waals surface area contributed by atoms with Crippen LogP contribution in [0.3, 0.4) is 0 Å². The van der Waals surface area contributed by atoms with Gasteiger partial charge in [-0.05, 0) is 34.8 Å². The number of aliphatic hydroxyl groups is 1. The molecule has 17 heavy (non-hydrogen) atoms. The maximum atomic E-state index is 9.16. The van der Waals surface area contributed by atoms with Crippen LogP contribution in [0.2, 0.25) is 0 Å². The van der Waals surface area contributed by atoms with Crippen molar-refractivity contribution in [2.75, 3.05) is 23.8 Å². The van der Waals surface area contributed by atoms with E-state index in [-0.39, 0.29) is 6.61 Å². The fourth-order valence-electron chi connectivity index (χ4n) is 1.99. The molecule has 0 saturated carbocycles. The zero-order valence-electron chi connectivity index (χ0n) is 10.4. The van der Waals surface area contributed by atoms with Crippen LogP contribution in [0.4, 0.5) is 11.5 Å². The molecule has 4 nitrogen and oxygen atoms in total. The van der Waals surface area contributed by atoms with Gasteiger partial charge in [0.1, 0.15) is 0 Å². The molecule has 0 aromatic carbocycles. The van der Waals surface area contributed by atoms with Crippen molar-refractivity contribution in [1.29, 1.82) is 0 Å². The molecule has 0 aliphatic carbocycles. The monoisotopic (exact) mass is 301 g/mol. The lowest BCUT2D eigenvalue weighted by Crippen LogP contribution is -2.37. The minimum Gasteiger partial charge on any atom is -0.396 e. The average molecular weight is 302 g/mol. The highest BCUT2D eigenvalue weighted by Crippen LogP contribution is 2.26. The normalized spacial score (nSPS) is 10.9. The Bertz CT molecular complexity index is 356. The zero-order valence-corrected chi connectivity index (χ0v) is 11.9. The Labute approximate surface area is 111 Å². The largest absolute Gasteiger partial charge is 0.396 e. The molecular weight excluding hydrogens is 282 g/mol. The summed E-state index contributed by atoms with van der Waals surface area (Å²) in [6.45, 7) is 4.93. The maximum Gasteiger partial charge on any atom is 0.152 e. The van der Waals surface area contributed by atoms with Crippen molar-refractivity contribution in [3.8, 4) is 0 Å². The van der Waals surface area contributed by atoms with E-state index in [0.717, 1.165) is 23.1 Å². The Balaban J connectivity index is 3.03. The lowest BCUT2D eigenvalue weighted by atomic mass is 10.1. The molecule has 0 amide bonds. The van der Waals surface area contributed by atoms with Gasteiger partial charge in [0.2, 0.25) is 0 Å². The Morgan fingerprint density at radius 1 is 1.47 bits per heavy atom. The van der Waals surface area contributed by atoms with E-state index < -0.39 is 0 Å². The molecule has 1 aromatic rings. The number of nitrogen functional groups attached to an aromatic ring is 1. The van der Waals surface area contributed by atoms with Crippen molar-refractivity contribution in [1.82, 2.24) is 4.98 Å². The van der Waals surface area contributed by atoms with Crippen LogP contribution in [0.1, 0.15) is 26.7 Å². The van der Waals surface area contributed by atoms with Gasteiger partial charge in [0, 0.05) is 23.3 Å². The van der Waals surface area contributed by atoms with Gasteiger partial charge in [-0.3, -0.25) is 0 Å². The van der Waals surface area contributed by atoms with Crippen LogP contribution in [-0.2, 0) is 0 Å². The fraction of sp³-hybridized carbons (Fsp3) is 0.583. The summed E-state index contributed by atoms with van der Waals surface area (Å²) in [5.74, 6) is 0.760. The molecule has 1 aromatic heterocycles. The first-order chi connectivity index (χ1) is 8.13. The second kappa shape index (κ2) is 6.81. The van der Waals surface area contributed by atoms with Gasteiger partial charge >= 0.3 is 0 Å². The van der Waals surface area contributed by atoms with Gasteiger partial charge in [0.05, 0.1) is 12.3 Å². The third kappa shape index (κ3) is 3.57. The summed E-state index contributed by atoms with van der Waals surface area (Å²) < 4.78 is 0.868. The van der Waals surface area contributed by atoms with E-state index in [4.69, 9.17) is 10.8 Å². The summed E-state index contributed by atoms with van der Waals surface area (Å²) in [6, 6.07) is 2.20. The minimum atomic E-state index is 0.105. The Morgan fingerprint density at radius 2 is 2.12 bits per heavy atom. The molecule has 0 radical (unpaired) electrons. The van der Waals surface area contributed by atoms with Crippen LogP contribution in [-0.4, -0.2) is 29.3 Å². The van der Waals surface area contributed by atoms with Crippen molar-refractivity contribution in [3.05, 3.63) is 16.7 Å². The number of hydrogen-bond acceptors (Lipinski definition) is 4. The quantitative estimate of drug-likeness (QED) is 0.847. The molecule has 0 fully saturated rings. The SMILES string of the molecule is CCC(CC)N(CCO)c1ncc(Br)cc1N. The van der Waals surface area contributed by atoms with E-state index >= 15 is 0 Å². The van der Waals surface area contributed by atoms with Crippen LogP contribution in [0.15, 0.2) is 16.7 Å². The number of nitrogens with zero attached hydrogens (tertiary/aromatic N) is 2. The molecule has 5 heteroatoms. The van der Waals surface area contributed by atoms with E-state index in [0.29, 0.717) is 18.3 Å². The first-order valence-electron chi connectivity index (χ1n) is 5.92. The van der Waals surface area contributed by atoms with E-state index in [1.165, 1.54) is 0 Å². The number of anilines is 2. The summed E-state index contributed by atoms with van der Waals surface area (Å²) in [6.07, 6.45) is 3.75. The van der Waals surface area contributed by atoms with Gasteiger partial charge in [-0.15, -0.1) is 0 Å². The van der Waals surface area contributed by atoms with Crippen LogP contribution >= 0.6 is 15.9 Å². The van der Waals surface area contributed by atoms with Gasteiger partial charge in [-0.25, -0.2) is 4.98 Å². The lowest BCUT2D eigenvalue weighted by molar-refractivity contribution is 0.295. The highest BCUT2D eigenvalue weighted by molar-refractivity contribution is 9.10. The van der Waals surface area contributed by atoms with Crippen molar-refractivity contribution in [3.63, 3.8) is 0 Å². The topological polar surface area (TPSA) is 62.4 Å². The average Bonchev–Trinajstić information content (AvgIpc) is 2.30. The minimum absolute atomic E-state index is 0.105. The molecular formula is C12H20BrN3O. The Hall–Kier alpha value is -0.810. The first-order valence-corrected chi connectivity index (χ1v) is 6.71. The number of halogens is 1. The van der Waals surface area contributed by atoms with Crippen LogP contribution in [0.25, 0.3) is 0 Å². The molecule has 96 valence electrons. The summed E-state index contributed by atoms with van der Waals surface area (Å²) in [4.78, 5) is 6.44. The van der Waals surface area contributed by atoms with Crippen LogP contribution in [0, 0.1) is 0 Å². The van der Waals surface area contributed by atoms with Crippen LogP contribution < -0.4 is 10.6 Å². The van der Waals surface area contributed by atoms with Crippen molar-refractivity contribution < 1.29 is 5.11 Å². The molecule has 1 heterocycles. The van der Waals surface area contributed by atoms with Gasteiger partial charge in [-0.1, -0.05) is 13.8 Å². The predicted octanol–water partition coefficient (Wildman–Crippen LogP) is 2.41.